The van der Waals surface area contributed by atoms with Crippen LogP contribution >= 0.6 is 11.3 Å². The molecule has 3 aromatic carbocycles. The van der Waals surface area contributed by atoms with E-state index >= 15 is 0 Å². The second-order valence-electron chi connectivity index (χ2n) is 11.8. The van der Waals surface area contributed by atoms with Crippen molar-refractivity contribution in [3.63, 3.8) is 0 Å². The van der Waals surface area contributed by atoms with Crippen LogP contribution in [0, 0.1) is 12.1 Å². The average Bonchev–Trinajstić information content (AvgIpc) is 3.31. The van der Waals surface area contributed by atoms with Gasteiger partial charge in [-0.1, -0.05) is 31.8 Å². The topological polar surface area (TPSA) is 25.8 Å². The molecule has 0 bridgehead atoms. The molecule has 0 saturated carbocycles. The van der Waals surface area contributed by atoms with Crippen LogP contribution in [0.15, 0.2) is 97.3 Å². The van der Waals surface area contributed by atoms with E-state index in [1.807, 2.05) is 66.2 Å². The molecule has 0 amide bonds. The van der Waals surface area contributed by atoms with Gasteiger partial charge < -0.3 is 4.98 Å². The average molecular weight is 796 g/mol. The molecule has 3 aromatic heterocycles. The maximum absolute atomic E-state index is 4.68. The van der Waals surface area contributed by atoms with E-state index in [1.165, 1.54) is 25.4 Å². The third kappa shape index (κ3) is 6.89. The molecule has 6 heteroatoms. The Morgan fingerprint density at radius 2 is 1.35 bits per heavy atom. The summed E-state index contributed by atoms with van der Waals surface area (Å²) < 4.78 is 4.38. The van der Waals surface area contributed by atoms with Gasteiger partial charge in [0.25, 0.3) is 0 Å². The number of rotatable bonds is 4. The van der Waals surface area contributed by atoms with Crippen LogP contribution in [0.25, 0.3) is 42.7 Å². The van der Waals surface area contributed by atoms with E-state index in [2.05, 4.69) is 101 Å². The van der Waals surface area contributed by atoms with Gasteiger partial charge in [-0.05, 0) is 10.9 Å². The molecule has 0 N–H and O–H groups in total. The second kappa shape index (κ2) is 12.6. The predicted molar refractivity (Wildman–Crippen MR) is 176 cm³/mol. The Morgan fingerprint density at radius 3 is 1.90 bits per heavy atom. The first-order valence-corrected chi connectivity index (χ1v) is 25.0. The van der Waals surface area contributed by atoms with E-state index in [9.17, 15) is 0 Å². The summed E-state index contributed by atoms with van der Waals surface area (Å²) in [5.74, 6) is 7.38. The molecular weight excluding hydrogens is 761 g/mol. The minimum atomic E-state index is -1.88. The van der Waals surface area contributed by atoms with E-state index in [4.69, 9.17) is 0 Å². The van der Waals surface area contributed by atoms with Crippen LogP contribution < -0.4 is 9.58 Å². The molecule has 2 nitrogen and oxygen atoms in total. The molecular formula is C34H34GeIrN2SSi-2. The second-order valence-corrected chi connectivity index (χ2v) is 28.5. The molecule has 0 fully saturated rings. The first kappa shape index (κ1) is 30.5. The van der Waals surface area contributed by atoms with Crippen LogP contribution in [0.4, 0.5) is 0 Å². The van der Waals surface area contributed by atoms with Crippen molar-refractivity contribution in [2.75, 3.05) is 0 Å². The normalized spacial score (nSPS) is 11.6. The Kier molecular flexibility index (Phi) is 9.64. The van der Waals surface area contributed by atoms with Gasteiger partial charge in [-0.25, -0.2) is 0 Å². The summed E-state index contributed by atoms with van der Waals surface area (Å²) in [6, 6.07) is 35.7. The van der Waals surface area contributed by atoms with Gasteiger partial charge in [-0.2, -0.15) is 0 Å². The van der Waals surface area contributed by atoms with Gasteiger partial charge >= 0.3 is 143 Å². The molecule has 6 rings (SSSR count). The van der Waals surface area contributed by atoms with E-state index in [0.29, 0.717) is 0 Å². The standard InChI is InChI=1S/C20H18GeNS.C14H16NSi.Ir/c1-21(2,3)17-11-7-10-15-16-13-22-18(12-19(16)23-20(15)17)14-8-5-4-6-9-14;1-16(2,3)13-9-10-14(15-11-13)12-7-5-4-6-8-12;/h4-8,10-13H,1-3H3;4-7,9-11H,1-3H3;/q2*-1;. The summed E-state index contributed by atoms with van der Waals surface area (Å²) in [7, 11) is -1.23. The first-order chi connectivity index (χ1) is 18.6. The number of aromatic nitrogens is 2. The van der Waals surface area contributed by atoms with Crippen LogP contribution in [0.5, 0.6) is 0 Å². The molecule has 0 aliphatic rings. The van der Waals surface area contributed by atoms with Crippen LogP contribution in [0.2, 0.25) is 36.9 Å². The molecule has 1 radical (unpaired) electrons. The van der Waals surface area contributed by atoms with Gasteiger partial charge in [0.1, 0.15) is 0 Å². The number of hydrogen-bond donors (Lipinski definition) is 0. The molecule has 40 heavy (non-hydrogen) atoms. The Bertz CT molecular complexity index is 1710. The molecule has 0 spiro atoms. The Hall–Kier alpha value is -2.41. The number of pyridine rings is 2. The largest absolute Gasteiger partial charge is 0 e. The Morgan fingerprint density at radius 1 is 0.700 bits per heavy atom. The van der Waals surface area contributed by atoms with Crippen LogP contribution in [-0.4, -0.2) is 31.3 Å². The molecule has 0 aliphatic carbocycles. The zero-order valence-corrected chi connectivity index (χ0v) is 30.2. The molecule has 0 aliphatic heterocycles. The fourth-order valence-electron chi connectivity index (χ4n) is 4.53. The number of nitrogens with zero attached hydrogens (tertiary/aromatic N) is 2. The molecule has 3 heterocycles. The van der Waals surface area contributed by atoms with Crippen molar-refractivity contribution < 1.29 is 20.1 Å². The summed E-state index contributed by atoms with van der Waals surface area (Å²) in [5.41, 5.74) is 4.12. The zero-order chi connectivity index (χ0) is 27.6. The third-order valence-electron chi connectivity index (χ3n) is 6.79. The molecule has 205 valence electrons. The monoisotopic (exact) mass is 797 g/mol. The van der Waals surface area contributed by atoms with Crippen molar-refractivity contribution >= 4 is 62.4 Å². The predicted octanol–water partition coefficient (Wildman–Crippen LogP) is 8.55. The number of benzene rings is 3. The smallest absolute Gasteiger partial charge is 0 e. The fraction of sp³-hybridized carbons (Fsp3) is 0.176. The summed E-state index contributed by atoms with van der Waals surface area (Å²) in [5, 5.41) is 4.03. The van der Waals surface area contributed by atoms with Gasteiger partial charge in [-0.3, -0.25) is 0 Å². The van der Waals surface area contributed by atoms with Crippen LogP contribution in [-0.2, 0) is 20.1 Å². The van der Waals surface area contributed by atoms with E-state index in [-0.39, 0.29) is 20.1 Å². The van der Waals surface area contributed by atoms with Crippen molar-refractivity contribution in [3.8, 4) is 22.5 Å². The third-order valence-corrected chi connectivity index (χ3v) is 14.7. The Labute approximate surface area is 259 Å². The van der Waals surface area contributed by atoms with Crippen molar-refractivity contribution in [2.24, 2.45) is 0 Å². The molecule has 0 unspecified atom stereocenters. The molecule has 6 aromatic rings. The summed E-state index contributed by atoms with van der Waals surface area (Å²) in [6.07, 6.45) is 4.05. The maximum Gasteiger partial charge on any atom is 0 e. The van der Waals surface area contributed by atoms with Gasteiger partial charge in [-0.15, -0.1) is 35.9 Å². The minimum absolute atomic E-state index is 0. The van der Waals surface area contributed by atoms with Crippen molar-refractivity contribution in [1.29, 1.82) is 0 Å². The quantitative estimate of drug-likeness (QED) is 0.132. The zero-order valence-electron chi connectivity index (χ0n) is 23.9. The molecule has 0 atom stereocenters. The van der Waals surface area contributed by atoms with E-state index in [1.54, 1.807) is 4.40 Å². The summed E-state index contributed by atoms with van der Waals surface area (Å²) in [6.45, 7) is 7.00. The molecule has 0 saturated heterocycles. The van der Waals surface area contributed by atoms with Gasteiger partial charge in [0.05, 0.1) is 8.07 Å². The SMILES string of the molecule is C[Si](C)(C)c1ccc(-c2[c-]cccc2)nc1.[CH3][Ge]([CH3])([CH3])[c]1cccc2c1sc1cc(-c3[c-]cccc3)ncc12.[Ir]. The van der Waals surface area contributed by atoms with Crippen molar-refractivity contribution in [2.45, 2.75) is 36.9 Å². The van der Waals surface area contributed by atoms with Crippen molar-refractivity contribution in [1.82, 2.24) is 9.97 Å². The van der Waals surface area contributed by atoms with E-state index < -0.39 is 21.3 Å². The van der Waals surface area contributed by atoms with Crippen LogP contribution in [0.1, 0.15) is 0 Å². The van der Waals surface area contributed by atoms with Gasteiger partial charge in [0, 0.05) is 26.3 Å². The summed E-state index contributed by atoms with van der Waals surface area (Å²) >= 11 is 0.0387. The van der Waals surface area contributed by atoms with Crippen molar-refractivity contribution in [3.05, 3.63) is 109 Å². The minimum Gasteiger partial charge on any atom is 0 e. The first-order valence-electron chi connectivity index (χ1n) is 13.3. The fourth-order valence-corrected chi connectivity index (χ4v) is 11.6. The number of fused-ring (bicyclic) bond motifs is 3. The van der Waals surface area contributed by atoms with Gasteiger partial charge in [0.15, 0.2) is 0 Å². The number of hydrogen-bond acceptors (Lipinski definition) is 3. The van der Waals surface area contributed by atoms with Gasteiger partial charge in [0.2, 0.25) is 0 Å². The van der Waals surface area contributed by atoms with Crippen LogP contribution in [0.3, 0.4) is 0 Å². The maximum atomic E-state index is 4.68. The number of thiophene rings is 1. The Balaban J connectivity index is 0.000000192. The van der Waals surface area contributed by atoms with E-state index in [0.717, 1.165) is 22.5 Å². The summed E-state index contributed by atoms with van der Waals surface area (Å²) in [4.78, 5) is 9.20.